The lowest BCUT2D eigenvalue weighted by atomic mass is 9.99. The first-order valence-corrected chi connectivity index (χ1v) is 7.16. The Morgan fingerprint density at radius 3 is 2.81 bits per heavy atom. The number of non-ortho nitro benzene ring substituents is 1. The Morgan fingerprint density at radius 2 is 2.19 bits per heavy atom. The minimum Gasteiger partial charge on any atom is -0.491 e. The third kappa shape index (κ3) is 3.93. The summed E-state index contributed by atoms with van der Waals surface area (Å²) < 4.78 is 5.59. The van der Waals surface area contributed by atoms with Gasteiger partial charge in [-0.05, 0) is 26.7 Å². The molecule has 6 nitrogen and oxygen atoms in total. The van der Waals surface area contributed by atoms with Crippen molar-refractivity contribution in [3.63, 3.8) is 0 Å². The average molecular weight is 292 g/mol. The lowest BCUT2D eigenvalue weighted by molar-refractivity contribution is -0.384. The van der Waals surface area contributed by atoms with Crippen LogP contribution >= 0.6 is 0 Å². The molecule has 0 radical (unpaired) electrons. The first-order chi connectivity index (χ1) is 9.99. The molecule has 2 rings (SSSR count). The molecule has 0 saturated carbocycles. The van der Waals surface area contributed by atoms with Crippen molar-refractivity contribution in [3.05, 3.63) is 28.3 Å². The number of nitro groups is 1. The second-order valence-electron chi connectivity index (χ2n) is 5.59. The third-order valence-corrected chi connectivity index (χ3v) is 3.47. The van der Waals surface area contributed by atoms with Crippen LogP contribution in [0.2, 0.25) is 0 Å². The molecule has 0 bridgehead atoms. The molecule has 114 valence electrons. The van der Waals surface area contributed by atoms with Gasteiger partial charge in [0.25, 0.3) is 5.69 Å². The molecule has 1 heterocycles. The normalized spacial score (nSPS) is 18.6. The Hall–Kier alpha value is -2.11. The maximum atomic E-state index is 11.1. The highest BCUT2D eigenvalue weighted by atomic mass is 16.6. The highest BCUT2D eigenvalue weighted by Crippen LogP contribution is 2.31. The summed E-state index contributed by atoms with van der Waals surface area (Å²) in [5.41, 5.74) is 0.753. The van der Waals surface area contributed by atoms with Gasteiger partial charge in [0, 0.05) is 36.8 Å². The molecule has 0 amide bonds. The fraction of sp³-hybridized carbons (Fsp3) is 0.533. The Balaban J connectivity index is 2.30. The van der Waals surface area contributed by atoms with Gasteiger partial charge in [0.05, 0.1) is 17.1 Å². The molecule has 0 aromatic heterocycles. The predicted molar refractivity (Wildman–Crippen MR) is 79.9 cm³/mol. The number of aldehydes is 1. The number of hydrogen-bond acceptors (Lipinski definition) is 5. The van der Waals surface area contributed by atoms with Crippen LogP contribution in [0.4, 0.5) is 11.4 Å². The summed E-state index contributed by atoms with van der Waals surface area (Å²) in [7, 11) is 0. The lowest BCUT2D eigenvalue weighted by Crippen LogP contribution is -2.36. The maximum absolute atomic E-state index is 11.1. The van der Waals surface area contributed by atoms with Gasteiger partial charge >= 0.3 is 0 Å². The molecule has 1 unspecified atom stereocenters. The Morgan fingerprint density at radius 1 is 1.43 bits per heavy atom. The lowest BCUT2D eigenvalue weighted by Gasteiger charge is -2.32. The van der Waals surface area contributed by atoms with Crippen LogP contribution in [-0.2, 0) is 4.79 Å². The Bertz CT molecular complexity index is 530. The largest absolute Gasteiger partial charge is 0.491 e. The molecular weight excluding hydrogens is 272 g/mol. The van der Waals surface area contributed by atoms with Crippen molar-refractivity contribution in [2.45, 2.75) is 32.8 Å². The minimum atomic E-state index is -0.419. The number of ether oxygens (including phenoxy) is 1. The number of carbonyl (C=O) groups is 1. The first kappa shape index (κ1) is 15.3. The van der Waals surface area contributed by atoms with Crippen LogP contribution in [-0.4, -0.2) is 30.4 Å². The van der Waals surface area contributed by atoms with Gasteiger partial charge in [-0.15, -0.1) is 0 Å². The second kappa shape index (κ2) is 6.56. The molecule has 1 fully saturated rings. The quantitative estimate of drug-likeness (QED) is 0.474. The summed E-state index contributed by atoms with van der Waals surface area (Å²) >= 11 is 0. The summed E-state index contributed by atoms with van der Waals surface area (Å²) in [6.45, 7) is 5.15. The molecular formula is C15H20N2O4. The Kier molecular flexibility index (Phi) is 4.77. The van der Waals surface area contributed by atoms with Crippen LogP contribution in [0.3, 0.4) is 0 Å². The number of benzene rings is 1. The van der Waals surface area contributed by atoms with Gasteiger partial charge in [0.1, 0.15) is 12.0 Å². The van der Waals surface area contributed by atoms with E-state index in [1.165, 1.54) is 6.07 Å². The van der Waals surface area contributed by atoms with Crippen LogP contribution in [0.15, 0.2) is 18.2 Å². The van der Waals surface area contributed by atoms with Crippen LogP contribution < -0.4 is 9.64 Å². The Labute approximate surface area is 123 Å². The van der Waals surface area contributed by atoms with Gasteiger partial charge in [-0.2, -0.15) is 0 Å². The molecule has 1 saturated heterocycles. The first-order valence-electron chi connectivity index (χ1n) is 7.16. The second-order valence-corrected chi connectivity index (χ2v) is 5.59. The highest BCUT2D eigenvalue weighted by Gasteiger charge is 2.22. The van der Waals surface area contributed by atoms with Gasteiger partial charge in [-0.1, -0.05) is 0 Å². The van der Waals surface area contributed by atoms with Crippen LogP contribution in [0, 0.1) is 16.0 Å². The number of carbonyl (C=O) groups excluding carboxylic acids is 1. The fourth-order valence-electron chi connectivity index (χ4n) is 2.55. The van der Waals surface area contributed by atoms with E-state index in [1.54, 1.807) is 12.1 Å². The van der Waals surface area contributed by atoms with E-state index in [1.807, 2.05) is 18.7 Å². The van der Waals surface area contributed by atoms with E-state index in [0.29, 0.717) is 12.3 Å². The van der Waals surface area contributed by atoms with Crippen LogP contribution in [0.25, 0.3) is 0 Å². The average Bonchev–Trinajstić information content (AvgIpc) is 2.46. The van der Waals surface area contributed by atoms with E-state index < -0.39 is 4.92 Å². The topological polar surface area (TPSA) is 72.7 Å². The van der Waals surface area contributed by atoms with Crippen molar-refractivity contribution in [3.8, 4) is 5.75 Å². The molecule has 1 aromatic carbocycles. The molecule has 1 atom stereocenters. The predicted octanol–water partition coefficient (Wildman–Crippen LogP) is 2.80. The van der Waals surface area contributed by atoms with Crippen molar-refractivity contribution in [2.24, 2.45) is 5.92 Å². The molecule has 1 aliphatic rings. The van der Waals surface area contributed by atoms with Crippen molar-refractivity contribution in [1.82, 2.24) is 0 Å². The number of piperidine rings is 1. The van der Waals surface area contributed by atoms with Gasteiger partial charge < -0.3 is 14.4 Å². The van der Waals surface area contributed by atoms with E-state index in [4.69, 9.17) is 4.74 Å². The number of nitrogens with zero attached hydrogens (tertiary/aromatic N) is 2. The zero-order chi connectivity index (χ0) is 15.4. The molecule has 0 aliphatic carbocycles. The van der Waals surface area contributed by atoms with E-state index >= 15 is 0 Å². The molecule has 0 N–H and O–H groups in total. The monoisotopic (exact) mass is 292 g/mol. The summed E-state index contributed by atoms with van der Waals surface area (Å²) in [4.78, 5) is 23.6. The van der Waals surface area contributed by atoms with E-state index in [9.17, 15) is 14.9 Å². The summed E-state index contributed by atoms with van der Waals surface area (Å²) in [6.07, 6.45) is 2.70. The highest BCUT2D eigenvalue weighted by molar-refractivity contribution is 5.61. The van der Waals surface area contributed by atoms with Crippen molar-refractivity contribution >= 4 is 17.7 Å². The van der Waals surface area contributed by atoms with Gasteiger partial charge in [0.2, 0.25) is 0 Å². The number of anilines is 1. The molecule has 21 heavy (non-hydrogen) atoms. The van der Waals surface area contributed by atoms with Gasteiger partial charge in [-0.3, -0.25) is 10.1 Å². The van der Waals surface area contributed by atoms with Crippen LogP contribution in [0.5, 0.6) is 5.75 Å². The number of hydrogen-bond donors (Lipinski definition) is 0. The van der Waals surface area contributed by atoms with E-state index in [-0.39, 0.29) is 17.7 Å². The fourth-order valence-corrected chi connectivity index (χ4v) is 2.55. The molecule has 1 aromatic rings. The SMILES string of the molecule is CC(C)Oc1cc(N2CCCC(C=O)C2)cc([N+](=O)[O-])c1. The van der Waals surface area contributed by atoms with Crippen LogP contribution in [0.1, 0.15) is 26.7 Å². The zero-order valence-electron chi connectivity index (χ0n) is 12.3. The summed E-state index contributed by atoms with van der Waals surface area (Å²) in [5, 5.41) is 11.1. The van der Waals surface area contributed by atoms with Gasteiger partial charge in [0.15, 0.2) is 0 Å². The van der Waals surface area contributed by atoms with Crippen molar-refractivity contribution in [2.75, 3.05) is 18.0 Å². The summed E-state index contributed by atoms with van der Waals surface area (Å²) in [5.74, 6) is 0.481. The smallest absolute Gasteiger partial charge is 0.275 e. The zero-order valence-corrected chi connectivity index (χ0v) is 12.3. The van der Waals surface area contributed by atoms with E-state index in [0.717, 1.165) is 31.4 Å². The minimum absolute atomic E-state index is 0.00696. The summed E-state index contributed by atoms with van der Waals surface area (Å²) in [6, 6.07) is 4.78. The van der Waals surface area contributed by atoms with E-state index in [2.05, 4.69) is 0 Å². The standard InChI is InChI=1S/C15H20N2O4/c1-11(2)21-15-7-13(6-14(8-15)17(19)20)16-5-3-4-12(9-16)10-18/h6-8,10-12H,3-5,9H2,1-2H3. The third-order valence-electron chi connectivity index (χ3n) is 3.47. The number of rotatable bonds is 5. The molecule has 0 spiro atoms. The number of nitro benzene ring substituents is 1. The van der Waals surface area contributed by atoms with Crippen molar-refractivity contribution < 1.29 is 14.5 Å². The maximum Gasteiger partial charge on any atom is 0.275 e. The van der Waals surface area contributed by atoms with Crippen molar-refractivity contribution in [1.29, 1.82) is 0 Å². The van der Waals surface area contributed by atoms with Gasteiger partial charge in [-0.25, -0.2) is 0 Å². The molecule has 1 aliphatic heterocycles. The molecule has 6 heteroatoms.